The molecule has 2 rings (SSSR count). The molecule has 1 amide bonds. The van der Waals surface area contributed by atoms with Crippen LogP contribution < -0.4 is 5.43 Å². The Bertz CT molecular complexity index is 458. The topological polar surface area (TPSA) is 41.5 Å². The van der Waals surface area contributed by atoms with Crippen LogP contribution >= 0.6 is 46.6 Å². The first-order valence-corrected chi connectivity index (χ1v) is 6.66. The molecule has 0 radical (unpaired) electrons. The van der Waals surface area contributed by atoms with E-state index in [-0.39, 0.29) is 5.91 Å². The third kappa shape index (κ3) is 3.28. The molecular weight excluding hydrogens is 303 g/mol. The second-order valence-corrected chi connectivity index (χ2v) is 7.56. The molecule has 90 valence electrons. The number of nitrogens with zero attached hydrogens (tertiary/aromatic N) is 1. The zero-order valence-corrected chi connectivity index (χ0v) is 11.4. The lowest BCUT2D eigenvalue weighted by molar-refractivity contribution is -0.118. The lowest BCUT2D eigenvalue weighted by Gasteiger charge is -2.15. The number of hydrogen-bond acceptors (Lipinski definition) is 3. The molecule has 0 spiro atoms. The van der Waals surface area contributed by atoms with Crippen LogP contribution in [0.3, 0.4) is 0 Å². The van der Waals surface area contributed by atoms with E-state index in [0.29, 0.717) is 5.71 Å². The molecule has 0 saturated carbocycles. The van der Waals surface area contributed by atoms with Gasteiger partial charge in [0.2, 0.25) is 3.12 Å². The third-order valence-electron chi connectivity index (χ3n) is 2.09. The largest absolute Gasteiger partial charge is 0.271 e. The van der Waals surface area contributed by atoms with E-state index in [1.165, 1.54) is 0 Å². The second kappa shape index (κ2) is 5.06. The summed E-state index contributed by atoms with van der Waals surface area (Å²) in [6.45, 7) is 0. The van der Waals surface area contributed by atoms with E-state index < -0.39 is 8.37 Å². The Morgan fingerprint density at radius 2 is 1.88 bits per heavy atom. The van der Waals surface area contributed by atoms with Gasteiger partial charge < -0.3 is 0 Å². The van der Waals surface area contributed by atoms with Crippen molar-refractivity contribution in [2.45, 2.75) is 8.37 Å². The predicted octanol–water partition coefficient (Wildman–Crippen LogP) is 2.95. The molecular formula is C10H7Cl3N2OS. The molecule has 1 unspecified atom stereocenters. The smallest absolute Gasteiger partial charge is 0.259 e. The molecule has 0 saturated heterocycles. The molecule has 1 heterocycles. The number of carbonyl (C=O) groups excluding carboxylic acids is 1. The fraction of sp³-hybridized carbons (Fsp3) is 0.200. The highest BCUT2D eigenvalue weighted by Crippen LogP contribution is 2.43. The van der Waals surface area contributed by atoms with Gasteiger partial charge in [-0.15, -0.1) is 0 Å². The van der Waals surface area contributed by atoms with Gasteiger partial charge in [0, 0.05) is 0 Å². The molecule has 0 fully saturated rings. The van der Waals surface area contributed by atoms with E-state index in [0.717, 1.165) is 17.3 Å². The highest BCUT2D eigenvalue weighted by Gasteiger charge is 2.38. The molecule has 1 N–H and O–H groups in total. The maximum absolute atomic E-state index is 11.6. The number of nitrogens with one attached hydrogen (secondary N) is 1. The highest BCUT2D eigenvalue weighted by atomic mass is 35.6. The Labute approximate surface area is 117 Å². The van der Waals surface area contributed by atoms with Gasteiger partial charge in [0.15, 0.2) is 0 Å². The molecule has 3 nitrogen and oxygen atoms in total. The predicted molar refractivity (Wildman–Crippen MR) is 72.8 cm³/mol. The summed E-state index contributed by atoms with van der Waals surface area (Å²) in [5.41, 5.74) is 3.80. The Kier molecular flexibility index (Phi) is 3.88. The second-order valence-electron chi connectivity index (χ2n) is 3.28. The Hall–Kier alpha value is -0.420. The van der Waals surface area contributed by atoms with Gasteiger partial charge in [0.05, 0.1) is 5.71 Å². The van der Waals surface area contributed by atoms with Gasteiger partial charge in [-0.2, -0.15) is 5.10 Å². The molecule has 1 aromatic carbocycles. The maximum Gasteiger partial charge on any atom is 0.259 e. The van der Waals surface area contributed by atoms with Gasteiger partial charge in [0.1, 0.15) is 5.25 Å². The van der Waals surface area contributed by atoms with Crippen molar-refractivity contribution in [1.82, 2.24) is 5.43 Å². The number of halogens is 3. The van der Waals surface area contributed by atoms with Gasteiger partial charge in [-0.25, -0.2) is 5.43 Å². The Morgan fingerprint density at radius 1 is 1.24 bits per heavy atom. The zero-order chi connectivity index (χ0) is 12.5. The van der Waals surface area contributed by atoms with Crippen LogP contribution in [0.5, 0.6) is 0 Å². The van der Waals surface area contributed by atoms with Crippen LogP contribution in [0.1, 0.15) is 5.56 Å². The summed E-state index contributed by atoms with van der Waals surface area (Å²) < 4.78 is -1.55. The highest BCUT2D eigenvalue weighted by molar-refractivity contribution is 8.06. The molecule has 0 bridgehead atoms. The van der Waals surface area contributed by atoms with Crippen molar-refractivity contribution in [3.63, 3.8) is 0 Å². The summed E-state index contributed by atoms with van der Waals surface area (Å²) in [6.07, 6.45) is 0. The minimum absolute atomic E-state index is 0.278. The average Bonchev–Trinajstić information content (AvgIpc) is 2.60. The Balaban J connectivity index is 2.25. The van der Waals surface area contributed by atoms with Crippen molar-refractivity contribution in [2.24, 2.45) is 5.10 Å². The Morgan fingerprint density at radius 3 is 2.47 bits per heavy atom. The molecule has 1 aromatic rings. The third-order valence-corrected chi connectivity index (χ3v) is 3.84. The molecule has 1 atom stereocenters. The minimum Gasteiger partial charge on any atom is -0.271 e. The first kappa shape index (κ1) is 13.0. The first-order valence-electron chi connectivity index (χ1n) is 4.65. The normalized spacial score (nSPS) is 20.1. The van der Waals surface area contributed by atoms with E-state index in [2.05, 4.69) is 10.5 Å². The van der Waals surface area contributed by atoms with Crippen LogP contribution in [0.15, 0.2) is 35.4 Å². The van der Waals surface area contributed by atoms with Gasteiger partial charge in [-0.1, -0.05) is 76.9 Å². The SMILES string of the molecule is O=C1NN=C(c2ccccc2)C1SC(Cl)(Cl)Cl. The summed E-state index contributed by atoms with van der Waals surface area (Å²) in [6, 6.07) is 9.30. The van der Waals surface area contributed by atoms with Crippen molar-refractivity contribution in [3.05, 3.63) is 35.9 Å². The molecule has 7 heteroatoms. The fourth-order valence-corrected chi connectivity index (χ4v) is 2.95. The zero-order valence-electron chi connectivity index (χ0n) is 8.36. The summed E-state index contributed by atoms with van der Waals surface area (Å²) >= 11 is 18.0. The lowest BCUT2D eigenvalue weighted by Crippen LogP contribution is -2.28. The standard InChI is InChI=1S/C10H7Cl3N2OS/c11-10(12,13)17-8-7(14-15-9(8)16)6-4-2-1-3-5-6/h1-5,8H,(H,15,16). The van der Waals surface area contributed by atoms with E-state index in [1.54, 1.807) is 0 Å². The molecule has 17 heavy (non-hydrogen) atoms. The number of hydrogen-bond donors (Lipinski definition) is 1. The van der Waals surface area contributed by atoms with Gasteiger partial charge in [-0.05, 0) is 5.56 Å². The van der Waals surface area contributed by atoms with Gasteiger partial charge >= 0.3 is 0 Å². The number of hydrazone groups is 1. The quantitative estimate of drug-likeness (QED) is 0.853. The van der Waals surface area contributed by atoms with Crippen LogP contribution in [0.25, 0.3) is 0 Å². The summed E-state index contributed by atoms with van der Waals surface area (Å²) in [5, 5.41) is 3.37. The van der Waals surface area contributed by atoms with Crippen molar-refractivity contribution >= 4 is 58.2 Å². The fourth-order valence-electron chi connectivity index (χ4n) is 1.42. The number of alkyl halides is 3. The van der Waals surface area contributed by atoms with E-state index >= 15 is 0 Å². The number of amides is 1. The van der Waals surface area contributed by atoms with Crippen molar-refractivity contribution in [3.8, 4) is 0 Å². The molecule has 0 aromatic heterocycles. The summed E-state index contributed by atoms with van der Waals surface area (Å²) in [5.74, 6) is -0.278. The summed E-state index contributed by atoms with van der Waals surface area (Å²) in [4.78, 5) is 11.6. The lowest BCUT2D eigenvalue weighted by atomic mass is 10.1. The average molecular weight is 310 g/mol. The van der Waals surface area contributed by atoms with Crippen LogP contribution in [0, 0.1) is 0 Å². The van der Waals surface area contributed by atoms with Crippen molar-refractivity contribution < 1.29 is 4.79 Å². The number of carbonyl (C=O) groups is 1. The van der Waals surface area contributed by atoms with Crippen LogP contribution in [0.4, 0.5) is 0 Å². The van der Waals surface area contributed by atoms with Crippen molar-refractivity contribution in [2.75, 3.05) is 0 Å². The molecule has 1 aliphatic heterocycles. The number of rotatable bonds is 2. The maximum atomic E-state index is 11.6. The minimum atomic E-state index is -1.55. The number of thioether (sulfide) groups is 1. The van der Waals surface area contributed by atoms with Gasteiger partial charge in [0.25, 0.3) is 5.91 Å². The van der Waals surface area contributed by atoms with Crippen LogP contribution in [0.2, 0.25) is 0 Å². The molecule has 0 aliphatic carbocycles. The molecule has 1 aliphatic rings. The van der Waals surface area contributed by atoms with Gasteiger partial charge in [-0.3, -0.25) is 4.79 Å². The van der Waals surface area contributed by atoms with E-state index in [9.17, 15) is 4.79 Å². The number of benzene rings is 1. The monoisotopic (exact) mass is 308 g/mol. The summed E-state index contributed by atoms with van der Waals surface area (Å²) in [7, 11) is 0. The van der Waals surface area contributed by atoms with Crippen LogP contribution in [-0.2, 0) is 4.79 Å². The van der Waals surface area contributed by atoms with Crippen molar-refractivity contribution in [1.29, 1.82) is 0 Å². The van der Waals surface area contributed by atoms with E-state index in [4.69, 9.17) is 34.8 Å². The van der Waals surface area contributed by atoms with Crippen LogP contribution in [-0.4, -0.2) is 20.0 Å². The first-order chi connectivity index (χ1) is 7.97. The van der Waals surface area contributed by atoms with E-state index in [1.807, 2.05) is 30.3 Å².